The van der Waals surface area contributed by atoms with E-state index in [1.807, 2.05) is 0 Å². The Labute approximate surface area is 108 Å². The van der Waals surface area contributed by atoms with E-state index in [0.29, 0.717) is 15.8 Å². The molecule has 0 radical (unpaired) electrons. The van der Waals surface area contributed by atoms with Gasteiger partial charge in [-0.3, -0.25) is 4.79 Å². The van der Waals surface area contributed by atoms with Crippen LogP contribution in [0.2, 0.25) is 0 Å². The minimum absolute atomic E-state index is 0.0604. The molecule has 1 aliphatic heterocycles. The minimum atomic E-state index is -0.109. The van der Waals surface area contributed by atoms with Crippen LogP contribution in [0.1, 0.15) is 5.56 Å². The van der Waals surface area contributed by atoms with Gasteiger partial charge in [0, 0.05) is 0 Å². The SMILES string of the molecule is COc1cc(C=C2NC(=S)SC2=O)ccc1O. The van der Waals surface area contributed by atoms with E-state index in [-0.39, 0.29) is 10.9 Å². The molecular formula is C11H9NO3S2. The molecule has 0 aliphatic carbocycles. The number of thioether (sulfide) groups is 1. The van der Waals surface area contributed by atoms with Crippen LogP contribution in [0.15, 0.2) is 23.9 Å². The molecule has 2 N–H and O–H groups in total. The zero-order valence-electron chi connectivity index (χ0n) is 8.89. The maximum absolute atomic E-state index is 11.5. The Morgan fingerprint density at radius 1 is 1.53 bits per heavy atom. The molecule has 0 amide bonds. The van der Waals surface area contributed by atoms with Crippen molar-refractivity contribution < 1.29 is 14.6 Å². The number of rotatable bonds is 2. The van der Waals surface area contributed by atoms with E-state index in [4.69, 9.17) is 17.0 Å². The van der Waals surface area contributed by atoms with E-state index >= 15 is 0 Å². The van der Waals surface area contributed by atoms with Crippen molar-refractivity contribution in [3.05, 3.63) is 29.5 Å². The standard InChI is InChI=1S/C11H9NO3S2/c1-15-9-5-6(2-3-8(9)13)4-7-10(14)17-11(16)12-7/h2-5,13H,1H3,(H,12,16). The highest BCUT2D eigenvalue weighted by Crippen LogP contribution is 2.28. The van der Waals surface area contributed by atoms with Crippen LogP contribution in [0.3, 0.4) is 0 Å². The fourth-order valence-electron chi connectivity index (χ4n) is 1.37. The average Bonchev–Trinajstić information content (AvgIpc) is 2.60. The molecule has 1 aromatic rings. The van der Waals surface area contributed by atoms with Gasteiger partial charge in [0.2, 0.25) is 5.12 Å². The smallest absolute Gasteiger partial charge is 0.242 e. The van der Waals surface area contributed by atoms with Gasteiger partial charge in [-0.25, -0.2) is 0 Å². The molecule has 1 aliphatic rings. The van der Waals surface area contributed by atoms with Crippen LogP contribution in [-0.4, -0.2) is 21.7 Å². The maximum Gasteiger partial charge on any atom is 0.242 e. The highest BCUT2D eigenvalue weighted by atomic mass is 32.2. The summed E-state index contributed by atoms with van der Waals surface area (Å²) >= 11 is 5.88. The van der Waals surface area contributed by atoms with Crippen LogP contribution >= 0.6 is 24.0 Å². The van der Waals surface area contributed by atoms with Crippen LogP contribution in [0.25, 0.3) is 6.08 Å². The molecule has 17 heavy (non-hydrogen) atoms. The van der Waals surface area contributed by atoms with Crippen LogP contribution < -0.4 is 10.1 Å². The third-order valence-corrected chi connectivity index (χ3v) is 3.20. The second-order valence-electron chi connectivity index (χ2n) is 3.29. The molecule has 0 atom stereocenters. The summed E-state index contributed by atoms with van der Waals surface area (Å²) in [5, 5.41) is 12.1. The van der Waals surface area contributed by atoms with Crippen molar-refractivity contribution in [1.29, 1.82) is 0 Å². The molecule has 88 valence electrons. The monoisotopic (exact) mass is 267 g/mol. The van der Waals surface area contributed by atoms with Crippen molar-refractivity contribution in [3.8, 4) is 11.5 Å². The zero-order valence-corrected chi connectivity index (χ0v) is 10.5. The predicted molar refractivity (Wildman–Crippen MR) is 71.0 cm³/mol. The number of thiocarbonyl (C=S) groups is 1. The number of aromatic hydroxyl groups is 1. The largest absolute Gasteiger partial charge is 0.504 e. The first-order valence-corrected chi connectivity index (χ1v) is 5.94. The lowest BCUT2D eigenvalue weighted by Gasteiger charge is -2.04. The molecule has 6 heteroatoms. The van der Waals surface area contributed by atoms with E-state index < -0.39 is 0 Å². The molecular weight excluding hydrogens is 258 g/mol. The van der Waals surface area contributed by atoms with Crippen LogP contribution in [0.4, 0.5) is 0 Å². The van der Waals surface area contributed by atoms with E-state index in [1.54, 1.807) is 18.2 Å². The Morgan fingerprint density at radius 3 is 2.88 bits per heavy atom. The van der Waals surface area contributed by atoms with Gasteiger partial charge in [-0.15, -0.1) is 0 Å². The summed E-state index contributed by atoms with van der Waals surface area (Å²) in [6, 6.07) is 4.84. The lowest BCUT2D eigenvalue weighted by molar-refractivity contribution is -0.107. The Hall–Kier alpha value is -1.53. The van der Waals surface area contributed by atoms with E-state index in [1.165, 1.54) is 13.2 Å². The molecule has 2 rings (SSSR count). The zero-order chi connectivity index (χ0) is 12.4. The Morgan fingerprint density at radius 2 is 2.29 bits per heavy atom. The first kappa shape index (κ1) is 11.9. The molecule has 0 aromatic heterocycles. The number of hydrogen-bond donors (Lipinski definition) is 2. The number of benzene rings is 1. The van der Waals surface area contributed by atoms with Gasteiger partial charge in [-0.05, 0) is 35.5 Å². The van der Waals surface area contributed by atoms with Gasteiger partial charge < -0.3 is 15.2 Å². The summed E-state index contributed by atoms with van der Waals surface area (Å²) in [7, 11) is 1.47. The third kappa shape index (κ3) is 2.59. The molecule has 1 heterocycles. The topological polar surface area (TPSA) is 58.6 Å². The van der Waals surface area contributed by atoms with Crippen molar-refractivity contribution in [3.63, 3.8) is 0 Å². The number of methoxy groups -OCH3 is 1. The first-order chi connectivity index (χ1) is 8.10. The molecule has 0 spiro atoms. The summed E-state index contributed by atoms with van der Waals surface area (Å²) in [5.41, 5.74) is 1.19. The molecule has 1 aromatic carbocycles. The van der Waals surface area contributed by atoms with E-state index in [9.17, 15) is 9.90 Å². The number of hydrogen-bond acceptors (Lipinski definition) is 5. The fourth-order valence-corrected chi connectivity index (χ4v) is 2.26. The van der Waals surface area contributed by atoms with Crippen molar-refractivity contribution >= 4 is 39.5 Å². The van der Waals surface area contributed by atoms with Crippen molar-refractivity contribution in [2.24, 2.45) is 0 Å². The van der Waals surface area contributed by atoms with Gasteiger partial charge in [0.1, 0.15) is 4.32 Å². The summed E-state index contributed by atoms with van der Waals surface area (Å²) in [6.07, 6.45) is 1.66. The van der Waals surface area contributed by atoms with Gasteiger partial charge in [0.15, 0.2) is 11.5 Å². The van der Waals surface area contributed by atoms with Crippen LogP contribution in [-0.2, 0) is 4.79 Å². The molecule has 0 bridgehead atoms. The second kappa shape index (κ2) is 4.77. The number of phenols is 1. The first-order valence-electron chi connectivity index (χ1n) is 4.72. The number of carbonyl (C=O) groups excluding carboxylic acids is 1. The number of ether oxygens (including phenoxy) is 1. The summed E-state index contributed by atoms with van der Waals surface area (Å²) in [4.78, 5) is 11.5. The molecule has 1 fully saturated rings. The number of phenolic OH excluding ortho intramolecular Hbond substituents is 1. The minimum Gasteiger partial charge on any atom is -0.504 e. The van der Waals surface area contributed by atoms with Gasteiger partial charge in [0.05, 0.1) is 12.8 Å². The van der Waals surface area contributed by atoms with Gasteiger partial charge >= 0.3 is 0 Å². The molecule has 1 saturated heterocycles. The maximum atomic E-state index is 11.5. The molecule has 4 nitrogen and oxygen atoms in total. The van der Waals surface area contributed by atoms with E-state index in [0.717, 1.165) is 17.3 Å². The summed E-state index contributed by atoms with van der Waals surface area (Å²) in [5.74, 6) is 0.422. The van der Waals surface area contributed by atoms with Crippen LogP contribution in [0, 0.1) is 0 Å². The second-order valence-corrected chi connectivity index (χ2v) is 4.94. The Kier molecular flexibility index (Phi) is 3.35. The quantitative estimate of drug-likeness (QED) is 0.630. The van der Waals surface area contributed by atoms with Gasteiger partial charge in [0.25, 0.3) is 0 Å². The number of carbonyl (C=O) groups is 1. The van der Waals surface area contributed by atoms with Gasteiger partial charge in [-0.1, -0.05) is 18.3 Å². The lowest BCUT2D eigenvalue weighted by atomic mass is 10.1. The van der Waals surface area contributed by atoms with Gasteiger partial charge in [-0.2, -0.15) is 0 Å². The molecule has 0 saturated carbocycles. The number of nitrogens with one attached hydrogen (secondary N) is 1. The summed E-state index contributed by atoms with van der Waals surface area (Å²) in [6.45, 7) is 0. The predicted octanol–water partition coefficient (Wildman–Crippen LogP) is 1.89. The molecule has 0 unspecified atom stereocenters. The third-order valence-electron chi connectivity index (χ3n) is 2.16. The highest BCUT2D eigenvalue weighted by molar-refractivity contribution is 8.33. The fraction of sp³-hybridized carbons (Fsp3) is 0.0909. The van der Waals surface area contributed by atoms with Crippen molar-refractivity contribution in [2.75, 3.05) is 7.11 Å². The van der Waals surface area contributed by atoms with Crippen molar-refractivity contribution in [2.45, 2.75) is 0 Å². The normalized spacial score (nSPS) is 17.4. The average molecular weight is 267 g/mol. The van der Waals surface area contributed by atoms with Crippen LogP contribution in [0.5, 0.6) is 11.5 Å². The highest BCUT2D eigenvalue weighted by Gasteiger charge is 2.22. The Balaban J connectivity index is 2.33. The van der Waals surface area contributed by atoms with E-state index in [2.05, 4.69) is 5.32 Å². The summed E-state index contributed by atoms with van der Waals surface area (Å²) < 4.78 is 5.43. The lowest BCUT2D eigenvalue weighted by Crippen LogP contribution is -2.09. The van der Waals surface area contributed by atoms with Crippen molar-refractivity contribution in [1.82, 2.24) is 5.32 Å². The Bertz CT molecular complexity index is 525.